The Hall–Kier alpha value is -2.41. The summed E-state index contributed by atoms with van der Waals surface area (Å²) in [6.45, 7) is 0. The molecule has 0 aliphatic carbocycles. The number of methoxy groups -OCH3 is 1. The van der Waals surface area contributed by atoms with Gasteiger partial charge in [0.1, 0.15) is 5.75 Å². The Morgan fingerprint density at radius 1 is 1.32 bits per heavy atom. The number of ether oxygens (including phenoxy) is 1. The Bertz CT molecular complexity index is 692. The molecule has 0 aliphatic heterocycles. The maximum Gasteiger partial charge on any atom is 0.189 e. The third-order valence-corrected chi connectivity index (χ3v) is 3.39. The number of aromatic nitrogens is 4. The fraction of sp³-hybridized carbons (Fsp3) is 0.0833. The Morgan fingerprint density at radius 3 is 2.95 bits per heavy atom. The van der Waals surface area contributed by atoms with Crippen LogP contribution in [0.25, 0.3) is 17.1 Å². The summed E-state index contributed by atoms with van der Waals surface area (Å²) in [7, 11) is 1.61. The van der Waals surface area contributed by atoms with Gasteiger partial charge in [-0.05, 0) is 40.1 Å². The highest BCUT2D eigenvalue weighted by molar-refractivity contribution is 7.08. The van der Waals surface area contributed by atoms with Gasteiger partial charge < -0.3 is 10.5 Å². The van der Waals surface area contributed by atoms with Crippen molar-refractivity contribution in [2.45, 2.75) is 0 Å². The smallest absolute Gasteiger partial charge is 0.189 e. The Labute approximate surface area is 113 Å². The minimum atomic E-state index is 0.592. The van der Waals surface area contributed by atoms with E-state index < -0.39 is 0 Å². The lowest BCUT2D eigenvalue weighted by Gasteiger charge is -2.07. The van der Waals surface area contributed by atoms with Crippen LogP contribution in [0.5, 0.6) is 5.75 Å². The summed E-state index contributed by atoms with van der Waals surface area (Å²) < 4.78 is 6.86. The molecule has 0 bridgehead atoms. The summed E-state index contributed by atoms with van der Waals surface area (Å²) in [4.78, 5) is 0. The van der Waals surface area contributed by atoms with Gasteiger partial charge in [-0.25, -0.2) is 0 Å². The zero-order valence-electron chi connectivity index (χ0n) is 10.1. The van der Waals surface area contributed by atoms with E-state index in [4.69, 9.17) is 10.5 Å². The summed E-state index contributed by atoms with van der Waals surface area (Å²) in [5.74, 6) is 1.30. The normalized spacial score (nSPS) is 10.6. The topological polar surface area (TPSA) is 78.8 Å². The summed E-state index contributed by atoms with van der Waals surface area (Å²) in [6, 6.07) is 7.35. The van der Waals surface area contributed by atoms with E-state index in [2.05, 4.69) is 15.5 Å². The second-order valence-corrected chi connectivity index (χ2v) is 4.63. The van der Waals surface area contributed by atoms with Crippen LogP contribution in [0, 0.1) is 0 Å². The van der Waals surface area contributed by atoms with Gasteiger partial charge in [0.05, 0.1) is 12.8 Å². The molecule has 2 aromatic heterocycles. The van der Waals surface area contributed by atoms with Crippen LogP contribution in [-0.2, 0) is 0 Å². The van der Waals surface area contributed by atoms with Crippen molar-refractivity contribution in [3.63, 3.8) is 0 Å². The van der Waals surface area contributed by atoms with Crippen molar-refractivity contribution >= 4 is 17.0 Å². The van der Waals surface area contributed by atoms with Gasteiger partial charge in [-0.3, -0.25) is 0 Å². The largest absolute Gasteiger partial charge is 0.497 e. The highest BCUT2D eigenvalue weighted by atomic mass is 32.1. The minimum absolute atomic E-state index is 0.592. The molecule has 0 saturated heterocycles. The van der Waals surface area contributed by atoms with E-state index in [1.54, 1.807) is 35.3 Å². The van der Waals surface area contributed by atoms with E-state index >= 15 is 0 Å². The van der Waals surface area contributed by atoms with Crippen molar-refractivity contribution in [2.75, 3.05) is 12.8 Å². The van der Waals surface area contributed by atoms with Crippen LogP contribution in [0.4, 0.5) is 5.69 Å². The number of rotatable bonds is 3. The lowest BCUT2D eigenvalue weighted by molar-refractivity contribution is 0.415. The van der Waals surface area contributed by atoms with Crippen molar-refractivity contribution in [3.05, 3.63) is 35.0 Å². The molecule has 2 N–H and O–H groups in total. The zero-order chi connectivity index (χ0) is 13.2. The van der Waals surface area contributed by atoms with Crippen molar-refractivity contribution < 1.29 is 4.74 Å². The molecule has 19 heavy (non-hydrogen) atoms. The standard InChI is InChI=1S/C12H11N5OS/c1-18-9-2-3-11(13)10(6-9)12-14-15-16-17(12)8-4-5-19-7-8/h2-7H,13H2,1H3. The average molecular weight is 273 g/mol. The van der Waals surface area contributed by atoms with Gasteiger partial charge in [0.2, 0.25) is 0 Å². The van der Waals surface area contributed by atoms with E-state index in [0.29, 0.717) is 17.3 Å². The molecule has 0 aliphatic rings. The van der Waals surface area contributed by atoms with Gasteiger partial charge in [-0.1, -0.05) is 0 Å². The Kier molecular flexibility index (Phi) is 2.88. The molecular formula is C12H11N5OS. The maximum absolute atomic E-state index is 6.00. The molecule has 0 radical (unpaired) electrons. The first-order valence-electron chi connectivity index (χ1n) is 5.54. The summed E-state index contributed by atoms with van der Waals surface area (Å²) in [5.41, 5.74) is 8.25. The molecule has 0 amide bonds. The maximum atomic E-state index is 6.00. The van der Waals surface area contributed by atoms with E-state index in [-0.39, 0.29) is 0 Å². The van der Waals surface area contributed by atoms with E-state index in [0.717, 1.165) is 11.3 Å². The molecule has 0 spiro atoms. The second-order valence-electron chi connectivity index (χ2n) is 3.85. The highest BCUT2D eigenvalue weighted by Gasteiger charge is 2.14. The van der Waals surface area contributed by atoms with E-state index in [1.807, 2.05) is 22.9 Å². The molecular weight excluding hydrogens is 262 g/mol. The number of nitrogens with two attached hydrogens (primary N) is 1. The van der Waals surface area contributed by atoms with Crippen LogP contribution in [0.1, 0.15) is 0 Å². The number of hydrogen-bond acceptors (Lipinski definition) is 6. The molecule has 96 valence electrons. The van der Waals surface area contributed by atoms with Gasteiger partial charge in [-0.15, -0.1) is 5.10 Å². The van der Waals surface area contributed by atoms with Crippen LogP contribution >= 0.6 is 11.3 Å². The molecule has 0 atom stereocenters. The van der Waals surface area contributed by atoms with E-state index in [1.165, 1.54) is 0 Å². The molecule has 3 aromatic rings. The second kappa shape index (κ2) is 4.69. The summed E-state index contributed by atoms with van der Waals surface area (Å²) in [5, 5.41) is 15.7. The van der Waals surface area contributed by atoms with Crippen molar-refractivity contribution in [2.24, 2.45) is 0 Å². The van der Waals surface area contributed by atoms with Gasteiger partial charge in [0.15, 0.2) is 5.82 Å². The third-order valence-electron chi connectivity index (χ3n) is 2.72. The van der Waals surface area contributed by atoms with Crippen LogP contribution < -0.4 is 10.5 Å². The van der Waals surface area contributed by atoms with Gasteiger partial charge in [-0.2, -0.15) is 16.0 Å². The van der Waals surface area contributed by atoms with Crippen LogP contribution in [0.15, 0.2) is 35.0 Å². The molecule has 1 aromatic carbocycles. The number of benzene rings is 1. The average Bonchev–Trinajstić information content (AvgIpc) is 3.09. The summed E-state index contributed by atoms with van der Waals surface area (Å²) in [6.07, 6.45) is 0. The number of tetrazole rings is 1. The Balaban J connectivity index is 2.15. The molecule has 7 heteroatoms. The van der Waals surface area contributed by atoms with Crippen LogP contribution in [0.3, 0.4) is 0 Å². The van der Waals surface area contributed by atoms with Gasteiger partial charge >= 0.3 is 0 Å². The number of thiophene rings is 1. The van der Waals surface area contributed by atoms with E-state index in [9.17, 15) is 0 Å². The molecule has 0 unspecified atom stereocenters. The van der Waals surface area contributed by atoms with Crippen molar-refractivity contribution in [1.82, 2.24) is 20.2 Å². The lowest BCUT2D eigenvalue weighted by Crippen LogP contribution is -2.00. The van der Waals surface area contributed by atoms with Crippen LogP contribution in [0.2, 0.25) is 0 Å². The summed E-state index contributed by atoms with van der Waals surface area (Å²) >= 11 is 1.58. The number of hydrogen-bond donors (Lipinski definition) is 1. The number of nitrogens with zero attached hydrogens (tertiary/aromatic N) is 4. The van der Waals surface area contributed by atoms with Crippen LogP contribution in [-0.4, -0.2) is 27.3 Å². The lowest BCUT2D eigenvalue weighted by atomic mass is 10.1. The molecule has 0 saturated carbocycles. The first-order valence-corrected chi connectivity index (χ1v) is 6.48. The first kappa shape index (κ1) is 11.7. The van der Waals surface area contributed by atoms with Gasteiger partial charge in [0.25, 0.3) is 0 Å². The third kappa shape index (κ3) is 2.04. The highest BCUT2D eigenvalue weighted by Crippen LogP contribution is 2.29. The molecule has 6 nitrogen and oxygen atoms in total. The monoisotopic (exact) mass is 273 g/mol. The number of nitrogen functional groups attached to an aromatic ring is 1. The predicted molar refractivity (Wildman–Crippen MR) is 73.4 cm³/mol. The minimum Gasteiger partial charge on any atom is -0.497 e. The first-order chi connectivity index (χ1) is 9.29. The Morgan fingerprint density at radius 2 is 2.21 bits per heavy atom. The number of anilines is 1. The molecule has 0 fully saturated rings. The fourth-order valence-electron chi connectivity index (χ4n) is 1.76. The zero-order valence-corrected chi connectivity index (χ0v) is 11.0. The van der Waals surface area contributed by atoms with Crippen molar-refractivity contribution in [3.8, 4) is 22.8 Å². The SMILES string of the molecule is COc1ccc(N)c(-c2nnnn2-c2ccsc2)c1. The van der Waals surface area contributed by atoms with Gasteiger partial charge in [0, 0.05) is 16.6 Å². The molecule has 3 rings (SSSR count). The molecule has 2 heterocycles. The van der Waals surface area contributed by atoms with Crippen molar-refractivity contribution in [1.29, 1.82) is 0 Å². The predicted octanol–water partition coefficient (Wildman–Crippen LogP) is 1.98. The fourth-order valence-corrected chi connectivity index (χ4v) is 2.38. The quantitative estimate of drug-likeness (QED) is 0.738.